The number of thiol groups is 1. The Bertz CT molecular complexity index is 443. The molecule has 0 N–H and O–H groups in total. The van der Waals surface area contributed by atoms with Gasteiger partial charge in [-0.15, -0.1) is 4.73 Å². The Kier molecular flexibility index (Phi) is 13.9. The predicted octanol–water partition coefficient (Wildman–Crippen LogP) is 2.18. The molecule has 1 rings (SSSR count). The average molecular weight is 510 g/mol. The van der Waals surface area contributed by atoms with E-state index in [9.17, 15) is 9.90 Å². The van der Waals surface area contributed by atoms with E-state index < -0.39 is 11.6 Å². The van der Waals surface area contributed by atoms with Crippen molar-refractivity contribution >= 4 is 12.6 Å². The summed E-state index contributed by atoms with van der Waals surface area (Å²) in [7, 11) is 0. The van der Waals surface area contributed by atoms with Crippen molar-refractivity contribution in [3.63, 3.8) is 0 Å². The van der Waals surface area contributed by atoms with E-state index in [1.165, 1.54) is 57.2 Å². The van der Waals surface area contributed by atoms with Crippen LogP contribution in [0.3, 0.4) is 0 Å². The van der Waals surface area contributed by atoms with Crippen molar-refractivity contribution in [2.75, 3.05) is 12.4 Å². The number of nitrogens with zero attached hydrogens (tertiary/aromatic N) is 2. The Labute approximate surface area is 153 Å². The summed E-state index contributed by atoms with van der Waals surface area (Å²) in [5.41, 5.74) is -0.649. The number of aromatic nitrogens is 2. The maximum absolute atomic E-state index is 11.3. The first-order chi connectivity index (χ1) is 10.2. The van der Waals surface area contributed by atoms with Crippen LogP contribution in [0, 0.1) is 0 Å². The summed E-state index contributed by atoms with van der Waals surface area (Å²) in [6.45, 7) is 0.474. The van der Waals surface area contributed by atoms with Crippen molar-refractivity contribution in [1.82, 2.24) is 9.71 Å². The van der Waals surface area contributed by atoms with Crippen molar-refractivity contribution in [1.29, 1.82) is 0 Å². The largest absolute Gasteiger partial charge is 1.00 e. The van der Waals surface area contributed by atoms with Crippen molar-refractivity contribution in [3.05, 3.63) is 22.7 Å². The van der Waals surface area contributed by atoms with Gasteiger partial charge in [-0.3, -0.25) is 0 Å². The third kappa shape index (κ3) is 10.3. The van der Waals surface area contributed by atoms with Gasteiger partial charge >= 0.3 is 28.1 Å². The van der Waals surface area contributed by atoms with Crippen molar-refractivity contribution < 1.29 is 32.3 Å². The van der Waals surface area contributed by atoms with Crippen LogP contribution in [0.2, 0.25) is 0 Å². The molecule has 0 amide bonds. The minimum absolute atomic E-state index is 0. The summed E-state index contributed by atoms with van der Waals surface area (Å²) >= 11 is 4.20. The van der Waals surface area contributed by atoms with Crippen LogP contribution in [-0.4, -0.2) is 22.1 Å². The van der Waals surface area contributed by atoms with Crippen LogP contribution in [0.25, 0.3) is 0 Å². The molecule has 0 aliphatic rings. The molecule has 130 valence electrons. The Morgan fingerprint density at radius 2 is 1.59 bits per heavy atom. The van der Waals surface area contributed by atoms with Gasteiger partial charge < -0.3 is 9.94 Å². The molecule has 1 heterocycles. The average Bonchev–Trinajstić information content (AvgIpc) is 2.46. The molecular formula is C15H25AuN2O3S. The molecular weight excluding hydrogens is 485 g/mol. The van der Waals surface area contributed by atoms with Gasteiger partial charge in [0.15, 0.2) is 0 Å². The maximum Gasteiger partial charge on any atom is 1.00 e. The fourth-order valence-electron chi connectivity index (χ4n) is 2.09. The Hall–Kier alpha value is -0.430. The van der Waals surface area contributed by atoms with E-state index in [0.717, 1.165) is 23.3 Å². The molecule has 0 spiro atoms. The number of hydrogen-bond donors (Lipinski definition) is 1. The zero-order valence-corrected chi connectivity index (χ0v) is 15.9. The van der Waals surface area contributed by atoms with Crippen LogP contribution in [-0.2, 0) is 22.4 Å². The first-order valence-electron chi connectivity index (χ1n) is 7.75. The van der Waals surface area contributed by atoms with Crippen LogP contribution in [0.4, 0.5) is 0 Å². The van der Waals surface area contributed by atoms with Gasteiger partial charge in [0.25, 0.3) is 0 Å². The zero-order chi connectivity index (χ0) is 15.3. The molecule has 1 aromatic heterocycles. The summed E-state index contributed by atoms with van der Waals surface area (Å²) in [6, 6.07) is 1.22. The summed E-state index contributed by atoms with van der Waals surface area (Å²) < 4.78 is 1.02. The molecule has 0 aliphatic carbocycles. The van der Waals surface area contributed by atoms with Crippen molar-refractivity contribution in [3.8, 4) is 5.88 Å². The van der Waals surface area contributed by atoms with Crippen LogP contribution in [0.5, 0.6) is 5.88 Å². The van der Waals surface area contributed by atoms with E-state index in [0.29, 0.717) is 6.61 Å². The fourth-order valence-corrected chi connectivity index (χ4v) is 2.31. The quantitative estimate of drug-likeness (QED) is 0.266. The van der Waals surface area contributed by atoms with E-state index in [-0.39, 0.29) is 22.4 Å². The standard InChI is InChI=1S/C15H26N2O3S.Au/c18-14-10-11-17(15(19)16-14)20-12-8-6-4-2-1-3-5-7-9-13-21;/h10-11,21H,1-9,12-13H2,(H,16,18,19);/q;+1/p-1. The zero-order valence-electron chi connectivity index (χ0n) is 12.8. The molecule has 22 heavy (non-hydrogen) atoms. The number of hydrogen-bond acceptors (Lipinski definition) is 5. The minimum atomic E-state index is -0.649. The molecule has 5 nitrogen and oxygen atoms in total. The molecule has 1 aromatic rings. The molecule has 0 unspecified atom stereocenters. The summed E-state index contributed by atoms with van der Waals surface area (Å²) in [6.07, 6.45) is 12.2. The first kappa shape index (κ1) is 21.6. The Balaban J connectivity index is 0.00000441. The van der Waals surface area contributed by atoms with Gasteiger partial charge in [-0.05, 0) is 37.0 Å². The molecule has 0 aliphatic heterocycles. The van der Waals surface area contributed by atoms with Gasteiger partial charge in [-0.1, -0.05) is 38.5 Å². The molecule has 0 saturated heterocycles. The van der Waals surface area contributed by atoms with Gasteiger partial charge in [-0.2, -0.15) is 12.6 Å². The molecule has 0 fully saturated rings. The van der Waals surface area contributed by atoms with Gasteiger partial charge in [0.1, 0.15) is 6.61 Å². The molecule has 7 heteroatoms. The molecule has 0 radical (unpaired) electrons. The second kappa shape index (κ2) is 14.2. The topological polar surface area (TPSA) is 67.2 Å². The van der Waals surface area contributed by atoms with Crippen LogP contribution in [0.15, 0.2) is 17.1 Å². The Morgan fingerprint density at radius 3 is 2.14 bits per heavy atom. The fraction of sp³-hybridized carbons (Fsp3) is 0.733. The van der Waals surface area contributed by atoms with Gasteiger partial charge in [0.05, 0.1) is 6.20 Å². The smallest absolute Gasteiger partial charge is 0.858 e. The summed E-state index contributed by atoms with van der Waals surface area (Å²) in [5, 5.41) is 10.8. The Morgan fingerprint density at radius 1 is 1.05 bits per heavy atom. The van der Waals surface area contributed by atoms with E-state index in [2.05, 4.69) is 17.6 Å². The maximum atomic E-state index is 11.3. The summed E-state index contributed by atoms with van der Waals surface area (Å²) in [5.74, 6) is 0.463. The van der Waals surface area contributed by atoms with E-state index in [1.54, 1.807) is 0 Å². The molecule has 0 aromatic carbocycles. The van der Waals surface area contributed by atoms with E-state index in [1.807, 2.05) is 0 Å². The molecule has 0 bridgehead atoms. The van der Waals surface area contributed by atoms with Gasteiger partial charge in [0, 0.05) is 0 Å². The summed E-state index contributed by atoms with van der Waals surface area (Å²) in [4.78, 5) is 19.8. The van der Waals surface area contributed by atoms with Gasteiger partial charge in [0.2, 0.25) is 0 Å². The van der Waals surface area contributed by atoms with E-state index in [4.69, 9.17) is 4.84 Å². The number of rotatable bonds is 12. The third-order valence-corrected chi connectivity index (χ3v) is 3.60. The first-order valence-corrected chi connectivity index (χ1v) is 8.38. The van der Waals surface area contributed by atoms with Crippen LogP contribution in [0.1, 0.15) is 57.8 Å². The monoisotopic (exact) mass is 510 g/mol. The van der Waals surface area contributed by atoms with Crippen molar-refractivity contribution in [2.24, 2.45) is 0 Å². The normalized spacial score (nSPS) is 10.2. The molecule has 0 atom stereocenters. The number of unbranched alkanes of at least 4 members (excludes halogenated alkanes) is 8. The van der Waals surface area contributed by atoms with Crippen molar-refractivity contribution in [2.45, 2.75) is 57.8 Å². The van der Waals surface area contributed by atoms with E-state index >= 15 is 0 Å². The second-order valence-electron chi connectivity index (χ2n) is 5.11. The third-order valence-electron chi connectivity index (χ3n) is 3.28. The second-order valence-corrected chi connectivity index (χ2v) is 5.56. The van der Waals surface area contributed by atoms with Gasteiger partial charge in [-0.25, -0.2) is 9.78 Å². The molecule has 0 saturated carbocycles. The predicted molar refractivity (Wildman–Crippen MR) is 84.8 cm³/mol. The van der Waals surface area contributed by atoms with Crippen LogP contribution >= 0.6 is 12.6 Å². The minimum Gasteiger partial charge on any atom is -0.858 e. The van der Waals surface area contributed by atoms with Crippen LogP contribution < -0.4 is 15.6 Å². The SMILES string of the molecule is O=c1nc([O-])ccn1OCCCCCCCCCCCS.[Au+].